The number of hydrogen-bond donors (Lipinski definition) is 1. The number of amides is 1. The Morgan fingerprint density at radius 3 is 2.20 bits per heavy atom. The number of alkyl halides is 6. The van der Waals surface area contributed by atoms with Crippen molar-refractivity contribution in [3.05, 3.63) is 99.3 Å². The Morgan fingerprint density at radius 1 is 0.913 bits per heavy atom. The fourth-order valence-corrected chi connectivity index (χ4v) is 5.96. The van der Waals surface area contributed by atoms with E-state index in [1.165, 1.54) is 23.9 Å². The van der Waals surface area contributed by atoms with Gasteiger partial charge in [-0.15, -0.1) is 23.5 Å². The normalized spacial score (nSPS) is 12.1. The van der Waals surface area contributed by atoms with Crippen LogP contribution >= 0.6 is 35.1 Å². The molecule has 0 saturated carbocycles. The Hall–Kier alpha value is -3.95. The first-order valence-electron chi connectivity index (χ1n) is 13.3. The lowest BCUT2D eigenvalue weighted by molar-refractivity contribution is -0.173. The monoisotopic (exact) mass is 697 g/mol. The molecule has 1 N–H and O–H groups in total. The van der Waals surface area contributed by atoms with Crippen LogP contribution in [-0.4, -0.2) is 50.2 Å². The van der Waals surface area contributed by atoms with Gasteiger partial charge in [0.2, 0.25) is 0 Å². The quantitative estimate of drug-likeness (QED) is 0.0982. The van der Waals surface area contributed by atoms with Gasteiger partial charge in [0.1, 0.15) is 5.69 Å². The zero-order chi connectivity index (χ0) is 33.2. The van der Waals surface area contributed by atoms with Gasteiger partial charge < -0.3 is 5.32 Å². The molecule has 7 nitrogen and oxygen atoms in total. The maximum atomic E-state index is 13.3. The number of halogens is 7. The van der Waals surface area contributed by atoms with E-state index < -0.39 is 29.4 Å². The predicted octanol–water partition coefficient (Wildman–Crippen LogP) is 7.41. The van der Waals surface area contributed by atoms with E-state index in [2.05, 4.69) is 10.2 Å². The molecule has 0 unspecified atom stereocenters. The molecule has 1 amide bonds. The lowest BCUT2D eigenvalue weighted by atomic mass is 10.1. The van der Waals surface area contributed by atoms with Gasteiger partial charge in [0, 0.05) is 27.7 Å². The molecule has 5 rings (SSSR count). The fraction of sp³-hybridized carbons (Fsp3) is 0.200. The average molecular weight is 698 g/mol. The Bertz CT molecular complexity index is 1890. The maximum Gasteiger partial charge on any atom is 0.471 e. The van der Waals surface area contributed by atoms with Gasteiger partial charge in [0.25, 0.3) is 5.56 Å². The number of aromatic nitrogens is 4. The lowest BCUT2D eigenvalue weighted by Gasteiger charge is -2.16. The van der Waals surface area contributed by atoms with Crippen LogP contribution in [0.1, 0.15) is 11.1 Å². The molecule has 0 saturated heterocycles. The molecule has 0 aromatic heterocycles. The van der Waals surface area contributed by atoms with E-state index >= 15 is 0 Å². The van der Waals surface area contributed by atoms with Crippen molar-refractivity contribution >= 4 is 41.0 Å². The third-order valence-electron chi connectivity index (χ3n) is 6.67. The van der Waals surface area contributed by atoms with Crippen LogP contribution in [0.4, 0.5) is 26.3 Å². The van der Waals surface area contributed by atoms with E-state index in [0.29, 0.717) is 27.4 Å². The van der Waals surface area contributed by atoms with Crippen LogP contribution in [0.3, 0.4) is 0 Å². The summed E-state index contributed by atoms with van der Waals surface area (Å²) < 4.78 is 78.9. The molecule has 240 valence electrons. The number of carbonyl (C=O) groups is 1. The summed E-state index contributed by atoms with van der Waals surface area (Å²) in [7, 11) is 0. The number of nitrogens with one attached hydrogen (secondary N) is 1. The van der Waals surface area contributed by atoms with Gasteiger partial charge in [-0.05, 0) is 66.4 Å². The summed E-state index contributed by atoms with van der Waals surface area (Å²) in [5, 5.41) is 11.1. The van der Waals surface area contributed by atoms with Crippen LogP contribution in [-0.2, 0) is 17.5 Å². The highest BCUT2D eigenvalue weighted by molar-refractivity contribution is 7.99. The SMILES string of the molecule is CSc1ccc(-n2nc3c(=O)n(Cc4ccc(C(F)(F)F)cc4)nc-3cc2-c2ccc(SCCNC(=O)C(F)(F)F)cc2Cl)cc1. The molecule has 0 spiro atoms. The fourth-order valence-electron chi connectivity index (χ4n) is 4.41. The largest absolute Gasteiger partial charge is 0.471 e. The highest BCUT2D eigenvalue weighted by Gasteiger charge is 2.38. The Kier molecular flexibility index (Phi) is 9.75. The molecule has 2 aliphatic rings. The molecule has 0 radical (unpaired) electrons. The Labute approximate surface area is 271 Å². The molecule has 2 heterocycles. The first-order valence-corrected chi connectivity index (χ1v) is 15.9. The zero-order valence-electron chi connectivity index (χ0n) is 23.6. The molecule has 0 aliphatic carbocycles. The van der Waals surface area contributed by atoms with Crippen molar-refractivity contribution in [3.63, 3.8) is 0 Å². The van der Waals surface area contributed by atoms with E-state index in [9.17, 15) is 35.9 Å². The number of carbonyl (C=O) groups excluding carboxylic acids is 1. The molecule has 16 heteroatoms. The van der Waals surface area contributed by atoms with Crippen LogP contribution in [0.5, 0.6) is 0 Å². The van der Waals surface area contributed by atoms with Crippen LogP contribution in [0.2, 0.25) is 5.02 Å². The van der Waals surface area contributed by atoms with Crippen molar-refractivity contribution in [2.45, 2.75) is 28.7 Å². The Morgan fingerprint density at radius 2 is 1.59 bits per heavy atom. The molecule has 0 bridgehead atoms. The lowest BCUT2D eigenvalue weighted by Crippen LogP contribution is -2.37. The van der Waals surface area contributed by atoms with Gasteiger partial charge >= 0.3 is 18.3 Å². The topological polar surface area (TPSA) is 81.8 Å². The molecule has 2 aliphatic heterocycles. The van der Waals surface area contributed by atoms with Gasteiger partial charge in [-0.3, -0.25) is 9.59 Å². The van der Waals surface area contributed by atoms with Crippen molar-refractivity contribution in [1.82, 2.24) is 24.9 Å². The smallest absolute Gasteiger partial charge is 0.347 e. The second-order valence-corrected chi connectivity index (χ2v) is 12.2. The number of hydrogen-bond acceptors (Lipinski definition) is 6. The third-order valence-corrected chi connectivity index (χ3v) is 8.72. The van der Waals surface area contributed by atoms with Crippen molar-refractivity contribution < 1.29 is 31.1 Å². The van der Waals surface area contributed by atoms with Gasteiger partial charge in [0.15, 0.2) is 5.69 Å². The van der Waals surface area contributed by atoms with E-state index in [-0.39, 0.29) is 35.3 Å². The number of thioether (sulfide) groups is 2. The van der Waals surface area contributed by atoms with E-state index in [1.54, 1.807) is 40.7 Å². The van der Waals surface area contributed by atoms with Crippen LogP contribution in [0.15, 0.2) is 87.4 Å². The molecular formula is C30H22ClF6N5O2S2. The van der Waals surface area contributed by atoms with Gasteiger partial charge in [-0.1, -0.05) is 29.8 Å². The minimum absolute atomic E-state index is 0.0359. The zero-order valence-corrected chi connectivity index (χ0v) is 26.0. The summed E-state index contributed by atoms with van der Waals surface area (Å²) in [5.74, 6) is -1.85. The maximum absolute atomic E-state index is 13.3. The molecule has 3 aromatic carbocycles. The summed E-state index contributed by atoms with van der Waals surface area (Å²) in [5.41, 5.74) is 0.969. The average Bonchev–Trinajstić information content (AvgIpc) is 3.31. The van der Waals surface area contributed by atoms with Crippen LogP contribution < -0.4 is 10.9 Å². The first-order chi connectivity index (χ1) is 21.7. The standard InChI is InChI=1S/C30H22ClF6N5O2S2/c1-45-20-8-6-19(7-9-20)42-25(22-11-10-21(14-23(22)31)46-13-12-38-28(44)30(35,36)37)15-24-26(40-42)27(43)41(39-24)16-17-2-4-18(5-3-17)29(32,33)34/h2-11,14-15H,12-13,16H2,1H3,(H,38,44). The molecule has 46 heavy (non-hydrogen) atoms. The summed E-state index contributed by atoms with van der Waals surface area (Å²) in [6, 6.07) is 18.5. The Balaban J connectivity index is 1.48. The highest BCUT2D eigenvalue weighted by Crippen LogP contribution is 2.35. The van der Waals surface area contributed by atoms with Gasteiger partial charge in [0.05, 0.1) is 28.5 Å². The van der Waals surface area contributed by atoms with Crippen molar-refractivity contribution in [2.75, 3.05) is 18.6 Å². The minimum Gasteiger partial charge on any atom is -0.347 e. The minimum atomic E-state index is -4.96. The van der Waals surface area contributed by atoms with E-state index in [4.69, 9.17) is 11.6 Å². The summed E-state index contributed by atoms with van der Waals surface area (Å²) in [6.45, 7) is -0.289. The first kappa shape index (κ1) is 33.4. The number of fused-ring (bicyclic) bond motifs is 1. The van der Waals surface area contributed by atoms with Crippen LogP contribution in [0.25, 0.3) is 28.3 Å². The molecule has 3 aromatic rings. The number of rotatable bonds is 9. The van der Waals surface area contributed by atoms with Gasteiger partial charge in [-0.25, -0.2) is 9.36 Å². The number of benzene rings is 3. The van der Waals surface area contributed by atoms with Crippen molar-refractivity contribution in [1.29, 1.82) is 0 Å². The molecule has 0 atom stereocenters. The summed E-state index contributed by atoms with van der Waals surface area (Å²) >= 11 is 9.43. The third kappa shape index (κ3) is 7.53. The van der Waals surface area contributed by atoms with Crippen molar-refractivity contribution in [3.8, 4) is 28.3 Å². The summed E-state index contributed by atoms with van der Waals surface area (Å²) in [6.07, 6.45) is -7.52. The summed E-state index contributed by atoms with van der Waals surface area (Å²) in [4.78, 5) is 26.0. The second kappa shape index (κ2) is 13.4. The van der Waals surface area contributed by atoms with Gasteiger partial charge in [-0.2, -0.15) is 36.5 Å². The highest BCUT2D eigenvalue weighted by atomic mass is 35.5. The van der Waals surface area contributed by atoms with E-state index in [0.717, 1.165) is 21.7 Å². The van der Waals surface area contributed by atoms with Crippen LogP contribution in [0, 0.1) is 0 Å². The predicted molar refractivity (Wildman–Crippen MR) is 165 cm³/mol. The molecule has 0 fully saturated rings. The van der Waals surface area contributed by atoms with E-state index in [1.807, 2.05) is 35.8 Å². The second-order valence-electron chi connectivity index (χ2n) is 9.77. The molecular weight excluding hydrogens is 676 g/mol. The number of nitrogens with zero attached hydrogens (tertiary/aromatic N) is 4. The van der Waals surface area contributed by atoms with Crippen molar-refractivity contribution in [2.24, 2.45) is 0 Å².